The van der Waals surface area contributed by atoms with Gasteiger partial charge in [-0.05, 0) is 37.7 Å². The third-order valence-electron chi connectivity index (χ3n) is 5.56. The molecule has 7 heteroatoms. The molecule has 138 valence electrons. The SMILES string of the molecule is CN(C)C(=O)CC1CCOC2(CCN(C(=O)c3ccnn3C)CC2)C1. The van der Waals surface area contributed by atoms with E-state index < -0.39 is 0 Å². The van der Waals surface area contributed by atoms with Crippen LogP contribution in [-0.2, 0) is 16.6 Å². The van der Waals surface area contributed by atoms with E-state index in [1.54, 1.807) is 43.0 Å². The van der Waals surface area contributed by atoms with Gasteiger partial charge in [0.2, 0.25) is 5.91 Å². The molecule has 1 unspecified atom stereocenters. The number of carbonyl (C=O) groups excluding carboxylic acids is 2. The maximum Gasteiger partial charge on any atom is 0.272 e. The molecule has 1 aromatic heterocycles. The standard InChI is InChI=1S/C18H28N4O3/c1-20(2)16(23)12-14-5-11-25-18(13-14)6-9-22(10-7-18)17(24)15-4-8-19-21(15)3/h4,8,14H,5-7,9-13H2,1-3H3. The molecule has 2 amide bonds. The Kier molecular flexibility index (Phi) is 5.13. The fourth-order valence-corrected chi connectivity index (χ4v) is 3.94. The van der Waals surface area contributed by atoms with E-state index in [1.807, 2.05) is 4.90 Å². The van der Waals surface area contributed by atoms with Crippen LogP contribution in [-0.4, -0.2) is 70.8 Å². The average molecular weight is 348 g/mol. The summed E-state index contributed by atoms with van der Waals surface area (Å²) in [4.78, 5) is 28.2. The lowest BCUT2D eigenvalue weighted by molar-refractivity contribution is -0.139. The summed E-state index contributed by atoms with van der Waals surface area (Å²) >= 11 is 0. The van der Waals surface area contributed by atoms with Gasteiger partial charge >= 0.3 is 0 Å². The lowest BCUT2D eigenvalue weighted by atomic mass is 9.78. The molecule has 2 aliphatic rings. The van der Waals surface area contributed by atoms with E-state index in [9.17, 15) is 9.59 Å². The molecule has 25 heavy (non-hydrogen) atoms. The number of aryl methyl sites for hydroxylation is 1. The predicted molar refractivity (Wildman–Crippen MR) is 93.1 cm³/mol. The van der Waals surface area contributed by atoms with Gasteiger partial charge in [-0.3, -0.25) is 14.3 Å². The van der Waals surface area contributed by atoms with E-state index in [-0.39, 0.29) is 17.4 Å². The van der Waals surface area contributed by atoms with E-state index in [1.165, 1.54) is 0 Å². The van der Waals surface area contributed by atoms with Crippen LogP contribution in [0.15, 0.2) is 12.3 Å². The molecule has 0 aromatic carbocycles. The zero-order valence-electron chi connectivity index (χ0n) is 15.4. The summed E-state index contributed by atoms with van der Waals surface area (Å²) in [6.07, 6.45) is 5.77. The molecule has 2 fully saturated rings. The zero-order chi connectivity index (χ0) is 18.0. The lowest BCUT2D eigenvalue weighted by Crippen LogP contribution is -2.51. The van der Waals surface area contributed by atoms with Crippen molar-refractivity contribution in [1.82, 2.24) is 19.6 Å². The third kappa shape index (κ3) is 3.86. The molecule has 0 radical (unpaired) electrons. The smallest absolute Gasteiger partial charge is 0.272 e. The van der Waals surface area contributed by atoms with Crippen LogP contribution in [0.1, 0.15) is 42.6 Å². The molecule has 7 nitrogen and oxygen atoms in total. The highest BCUT2D eigenvalue weighted by atomic mass is 16.5. The molecule has 1 spiro atoms. The van der Waals surface area contributed by atoms with Gasteiger partial charge in [-0.1, -0.05) is 0 Å². The fourth-order valence-electron chi connectivity index (χ4n) is 3.94. The van der Waals surface area contributed by atoms with E-state index >= 15 is 0 Å². The molecular weight excluding hydrogens is 320 g/mol. The first kappa shape index (κ1) is 17.9. The topological polar surface area (TPSA) is 67.7 Å². The number of piperidine rings is 1. The van der Waals surface area contributed by atoms with E-state index in [0.29, 0.717) is 37.7 Å². The molecule has 2 saturated heterocycles. The Morgan fingerprint density at radius 1 is 1.36 bits per heavy atom. The number of carbonyl (C=O) groups is 2. The van der Waals surface area contributed by atoms with Crippen LogP contribution in [0.3, 0.4) is 0 Å². The molecule has 3 rings (SSSR count). The summed E-state index contributed by atoms with van der Waals surface area (Å²) in [7, 11) is 5.40. The quantitative estimate of drug-likeness (QED) is 0.826. The van der Waals surface area contributed by atoms with E-state index in [2.05, 4.69) is 5.10 Å². The largest absolute Gasteiger partial charge is 0.375 e. The Labute approximate surface area is 148 Å². The summed E-state index contributed by atoms with van der Waals surface area (Å²) < 4.78 is 7.76. The van der Waals surface area contributed by atoms with Gasteiger partial charge in [0.1, 0.15) is 5.69 Å². The first-order valence-corrected chi connectivity index (χ1v) is 9.02. The minimum atomic E-state index is -0.168. The van der Waals surface area contributed by atoms with Crippen molar-refractivity contribution in [3.05, 3.63) is 18.0 Å². The summed E-state index contributed by atoms with van der Waals surface area (Å²) in [5, 5.41) is 4.08. The second kappa shape index (κ2) is 7.15. The maximum atomic E-state index is 12.6. The zero-order valence-corrected chi connectivity index (χ0v) is 15.4. The number of ether oxygens (including phenoxy) is 1. The number of hydrogen-bond donors (Lipinski definition) is 0. The number of aromatic nitrogens is 2. The number of amides is 2. The number of hydrogen-bond acceptors (Lipinski definition) is 4. The van der Waals surface area contributed by atoms with Crippen LogP contribution in [0.5, 0.6) is 0 Å². The highest BCUT2D eigenvalue weighted by Gasteiger charge is 2.41. The van der Waals surface area contributed by atoms with Gasteiger partial charge in [0.15, 0.2) is 0 Å². The minimum Gasteiger partial charge on any atom is -0.375 e. The number of rotatable bonds is 3. The molecule has 0 aliphatic carbocycles. The highest BCUT2D eigenvalue weighted by Crippen LogP contribution is 2.39. The maximum absolute atomic E-state index is 12.6. The molecule has 3 heterocycles. The molecular formula is C18H28N4O3. The van der Waals surface area contributed by atoms with Crippen LogP contribution in [0.25, 0.3) is 0 Å². The van der Waals surface area contributed by atoms with Gasteiger partial charge < -0.3 is 14.5 Å². The number of nitrogens with zero attached hydrogens (tertiary/aromatic N) is 4. The van der Waals surface area contributed by atoms with Gasteiger partial charge in [-0.2, -0.15) is 5.10 Å². The van der Waals surface area contributed by atoms with Gasteiger partial charge in [0, 0.05) is 53.5 Å². The molecule has 0 bridgehead atoms. The summed E-state index contributed by atoms with van der Waals surface area (Å²) in [6.45, 7) is 2.10. The van der Waals surface area contributed by atoms with Gasteiger partial charge in [0.25, 0.3) is 5.91 Å². The Morgan fingerprint density at radius 2 is 2.08 bits per heavy atom. The first-order valence-electron chi connectivity index (χ1n) is 9.02. The van der Waals surface area contributed by atoms with Gasteiger partial charge in [0.05, 0.1) is 5.60 Å². The normalized spacial score (nSPS) is 22.8. The van der Waals surface area contributed by atoms with Crippen LogP contribution in [0.4, 0.5) is 0 Å². The Bertz CT molecular complexity index is 632. The third-order valence-corrected chi connectivity index (χ3v) is 5.56. The van der Waals surface area contributed by atoms with Crippen molar-refractivity contribution < 1.29 is 14.3 Å². The minimum absolute atomic E-state index is 0.0324. The Hall–Kier alpha value is -1.89. The van der Waals surface area contributed by atoms with E-state index in [4.69, 9.17) is 4.74 Å². The summed E-state index contributed by atoms with van der Waals surface area (Å²) in [6, 6.07) is 1.76. The van der Waals surface area contributed by atoms with Crippen molar-refractivity contribution in [2.75, 3.05) is 33.8 Å². The Balaban J connectivity index is 1.58. The van der Waals surface area contributed by atoms with Crippen molar-refractivity contribution in [3.63, 3.8) is 0 Å². The number of likely N-dealkylation sites (tertiary alicyclic amines) is 1. The van der Waals surface area contributed by atoms with Gasteiger partial charge in [-0.25, -0.2) is 0 Å². The van der Waals surface area contributed by atoms with Crippen LogP contribution in [0, 0.1) is 5.92 Å². The highest BCUT2D eigenvalue weighted by molar-refractivity contribution is 5.92. The average Bonchev–Trinajstić information content (AvgIpc) is 3.01. The van der Waals surface area contributed by atoms with Crippen molar-refractivity contribution in [3.8, 4) is 0 Å². The van der Waals surface area contributed by atoms with E-state index in [0.717, 1.165) is 25.7 Å². The fraction of sp³-hybridized carbons (Fsp3) is 0.722. The molecule has 2 aliphatic heterocycles. The molecule has 1 atom stereocenters. The Morgan fingerprint density at radius 3 is 2.68 bits per heavy atom. The lowest BCUT2D eigenvalue weighted by Gasteiger charge is -2.46. The molecule has 0 N–H and O–H groups in total. The van der Waals surface area contributed by atoms with Crippen molar-refractivity contribution >= 4 is 11.8 Å². The summed E-state index contributed by atoms with van der Waals surface area (Å²) in [5.41, 5.74) is 0.452. The predicted octanol–water partition coefficient (Wildman–Crippen LogP) is 1.30. The van der Waals surface area contributed by atoms with Crippen molar-refractivity contribution in [2.45, 2.75) is 37.7 Å². The van der Waals surface area contributed by atoms with Crippen LogP contribution < -0.4 is 0 Å². The van der Waals surface area contributed by atoms with Crippen LogP contribution >= 0.6 is 0 Å². The first-order chi connectivity index (χ1) is 11.9. The summed E-state index contributed by atoms with van der Waals surface area (Å²) in [5.74, 6) is 0.596. The van der Waals surface area contributed by atoms with Gasteiger partial charge in [-0.15, -0.1) is 0 Å². The van der Waals surface area contributed by atoms with Crippen LogP contribution in [0.2, 0.25) is 0 Å². The second-order valence-corrected chi connectivity index (χ2v) is 7.51. The molecule has 1 aromatic rings. The second-order valence-electron chi connectivity index (χ2n) is 7.51. The molecule has 0 saturated carbocycles. The monoisotopic (exact) mass is 348 g/mol. The van der Waals surface area contributed by atoms with Crippen molar-refractivity contribution in [2.24, 2.45) is 13.0 Å². The van der Waals surface area contributed by atoms with Crippen molar-refractivity contribution in [1.29, 1.82) is 0 Å².